The van der Waals surface area contributed by atoms with Gasteiger partial charge in [-0.2, -0.15) is 0 Å². The Morgan fingerprint density at radius 2 is 2.05 bits per heavy atom. The maximum atomic E-state index is 13.2. The average molecular weight is 288 g/mol. The Morgan fingerprint density at radius 3 is 2.81 bits per heavy atom. The summed E-state index contributed by atoms with van der Waals surface area (Å²) >= 11 is 0. The first-order chi connectivity index (χ1) is 10.1. The lowest BCUT2D eigenvalue weighted by Gasteiger charge is -2.36. The number of amides is 1. The van der Waals surface area contributed by atoms with Gasteiger partial charge in [-0.05, 0) is 43.0 Å². The number of nitrogens with zero attached hydrogens (tertiary/aromatic N) is 1. The lowest BCUT2D eigenvalue weighted by atomic mass is 9.85. The molecular weight excluding hydrogens is 267 g/mol. The van der Waals surface area contributed by atoms with Gasteiger partial charge in [0.15, 0.2) is 0 Å². The van der Waals surface area contributed by atoms with Crippen LogP contribution < -0.4 is 0 Å². The van der Waals surface area contributed by atoms with Gasteiger partial charge in [-0.1, -0.05) is 19.8 Å². The van der Waals surface area contributed by atoms with Gasteiger partial charge in [0, 0.05) is 24.0 Å². The van der Waals surface area contributed by atoms with Crippen molar-refractivity contribution in [3.05, 3.63) is 35.8 Å². The predicted octanol–water partition coefficient (Wildman–Crippen LogP) is 3.96. The number of carbonyl (C=O) groups is 1. The third kappa shape index (κ3) is 2.67. The summed E-state index contributed by atoms with van der Waals surface area (Å²) in [6.45, 7) is 2.22. The highest BCUT2D eigenvalue weighted by Crippen LogP contribution is 2.28. The Morgan fingerprint density at radius 1 is 1.29 bits per heavy atom. The number of H-pyrrole nitrogens is 1. The molecule has 3 rings (SSSR count). The number of nitrogens with one attached hydrogen (secondary N) is 1. The van der Waals surface area contributed by atoms with Crippen LogP contribution >= 0.6 is 0 Å². The fourth-order valence-electron chi connectivity index (χ4n) is 3.43. The second-order valence-corrected chi connectivity index (χ2v) is 6.16. The van der Waals surface area contributed by atoms with E-state index >= 15 is 0 Å². The topological polar surface area (TPSA) is 36.1 Å². The number of hydrogen-bond donors (Lipinski definition) is 1. The number of benzene rings is 1. The van der Waals surface area contributed by atoms with E-state index in [-0.39, 0.29) is 11.7 Å². The number of fused-ring (bicyclic) bond motifs is 1. The molecule has 1 fully saturated rings. The smallest absolute Gasteiger partial charge is 0.270 e. The molecule has 2 aromatic rings. The molecule has 1 amide bonds. The Balaban J connectivity index is 1.85. The standard InChI is InChI=1S/C17H21FN2O/c1-11-5-3-4-6-16(11)20(2)17(21)15-10-12-9-13(18)7-8-14(12)19-15/h7-11,16,19H,3-6H2,1-2H3. The van der Waals surface area contributed by atoms with Crippen molar-refractivity contribution in [1.29, 1.82) is 0 Å². The highest BCUT2D eigenvalue weighted by Gasteiger charge is 2.28. The molecule has 2 atom stereocenters. The summed E-state index contributed by atoms with van der Waals surface area (Å²) in [5, 5.41) is 0.739. The minimum absolute atomic E-state index is 0.00893. The van der Waals surface area contributed by atoms with Gasteiger partial charge < -0.3 is 9.88 Å². The molecule has 0 bridgehead atoms. The average Bonchev–Trinajstić information content (AvgIpc) is 2.89. The van der Waals surface area contributed by atoms with Crippen molar-refractivity contribution in [3.8, 4) is 0 Å². The van der Waals surface area contributed by atoms with Crippen LogP contribution in [-0.4, -0.2) is 28.9 Å². The van der Waals surface area contributed by atoms with Crippen molar-refractivity contribution in [2.24, 2.45) is 5.92 Å². The predicted molar refractivity (Wildman–Crippen MR) is 81.8 cm³/mol. The van der Waals surface area contributed by atoms with Crippen molar-refractivity contribution in [1.82, 2.24) is 9.88 Å². The van der Waals surface area contributed by atoms with Gasteiger partial charge in [0.05, 0.1) is 0 Å². The molecule has 4 heteroatoms. The molecule has 0 aliphatic heterocycles. The quantitative estimate of drug-likeness (QED) is 0.892. The maximum absolute atomic E-state index is 13.2. The van der Waals surface area contributed by atoms with Crippen LogP contribution in [0.5, 0.6) is 0 Å². The highest BCUT2D eigenvalue weighted by atomic mass is 19.1. The van der Waals surface area contributed by atoms with Gasteiger partial charge in [0.2, 0.25) is 0 Å². The molecule has 2 unspecified atom stereocenters. The normalized spacial score (nSPS) is 22.4. The molecule has 0 saturated heterocycles. The van der Waals surface area contributed by atoms with Crippen molar-refractivity contribution < 1.29 is 9.18 Å². The van der Waals surface area contributed by atoms with Crippen LogP contribution in [0.4, 0.5) is 4.39 Å². The van der Waals surface area contributed by atoms with E-state index in [1.54, 1.807) is 12.1 Å². The van der Waals surface area contributed by atoms with Crippen LogP contribution in [0.1, 0.15) is 43.1 Å². The molecule has 1 aliphatic rings. The molecule has 1 aromatic heterocycles. The Labute approximate surface area is 124 Å². The largest absolute Gasteiger partial charge is 0.351 e. The number of aromatic nitrogens is 1. The molecule has 1 N–H and O–H groups in total. The van der Waals surface area contributed by atoms with Crippen molar-refractivity contribution in [2.45, 2.75) is 38.6 Å². The second-order valence-electron chi connectivity index (χ2n) is 6.16. The number of carbonyl (C=O) groups excluding carboxylic acids is 1. The SMILES string of the molecule is CC1CCCCC1N(C)C(=O)c1cc2cc(F)ccc2[nH]1. The van der Waals surface area contributed by atoms with Gasteiger partial charge >= 0.3 is 0 Å². The summed E-state index contributed by atoms with van der Waals surface area (Å²) in [4.78, 5) is 17.6. The summed E-state index contributed by atoms with van der Waals surface area (Å²) in [5.41, 5.74) is 1.33. The third-order valence-corrected chi connectivity index (χ3v) is 4.70. The second kappa shape index (κ2) is 5.51. The van der Waals surface area contributed by atoms with Gasteiger partial charge in [-0.25, -0.2) is 4.39 Å². The Hall–Kier alpha value is -1.84. The van der Waals surface area contributed by atoms with Gasteiger partial charge in [-0.3, -0.25) is 4.79 Å². The maximum Gasteiger partial charge on any atom is 0.270 e. The lowest BCUT2D eigenvalue weighted by Crippen LogP contribution is -2.42. The monoisotopic (exact) mass is 288 g/mol. The number of rotatable bonds is 2. The molecule has 1 aliphatic carbocycles. The van der Waals surface area contributed by atoms with E-state index in [4.69, 9.17) is 0 Å². The summed E-state index contributed by atoms with van der Waals surface area (Å²) in [5.74, 6) is 0.245. The van der Waals surface area contributed by atoms with Crippen molar-refractivity contribution in [2.75, 3.05) is 7.05 Å². The lowest BCUT2D eigenvalue weighted by molar-refractivity contribution is 0.0624. The fourth-order valence-corrected chi connectivity index (χ4v) is 3.43. The van der Waals surface area contributed by atoms with E-state index < -0.39 is 0 Å². The summed E-state index contributed by atoms with van der Waals surface area (Å²) in [6.07, 6.45) is 4.69. The van der Waals surface area contributed by atoms with Crippen LogP contribution in [0.3, 0.4) is 0 Å². The van der Waals surface area contributed by atoms with Crippen LogP contribution in [-0.2, 0) is 0 Å². The minimum atomic E-state index is -0.283. The van der Waals surface area contributed by atoms with Crippen LogP contribution in [0.15, 0.2) is 24.3 Å². The minimum Gasteiger partial charge on any atom is -0.351 e. The summed E-state index contributed by atoms with van der Waals surface area (Å²) in [6, 6.07) is 6.57. The van der Waals surface area contributed by atoms with Crippen LogP contribution in [0, 0.1) is 11.7 Å². The van der Waals surface area contributed by atoms with Crippen molar-refractivity contribution in [3.63, 3.8) is 0 Å². The molecule has 3 nitrogen and oxygen atoms in total. The first-order valence-corrected chi connectivity index (χ1v) is 7.61. The number of aromatic amines is 1. The zero-order valence-electron chi connectivity index (χ0n) is 12.5. The van der Waals surface area contributed by atoms with Gasteiger partial charge in [0.25, 0.3) is 5.91 Å². The molecule has 21 heavy (non-hydrogen) atoms. The van der Waals surface area contributed by atoms with E-state index in [0.717, 1.165) is 17.3 Å². The van der Waals surface area contributed by atoms with E-state index in [9.17, 15) is 9.18 Å². The summed E-state index contributed by atoms with van der Waals surface area (Å²) < 4.78 is 13.2. The molecule has 1 heterocycles. The van der Waals surface area contributed by atoms with Crippen molar-refractivity contribution >= 4 is 16.8 Å². The Kier molecular flexibility index (Phi) is 3.70. The van der Waals surface area contributed by atoms with Crippen LogP contribution in [0.2, 0.25) is 0 Å². The number of hydrogen-bond acceptors (Lipinski definition) is 1. The molecule has 0 radical (unpaired) electrons. The number of halogens is 1. The van der Waals surface area contributed by atoms with E-state index in [1.165, 1.54) is 31.4 Å². The zero-order valence-corrected chi connectivity index (χ0v) is 12.5. The molecular formula is C17H21FN2O. The fraction of sp³-hybridized carbons (Fsp3) is 0.471. The molecule has 1 aromatic carbocycles. The first kappa shape index (κ1) is 14.1. The van der Waals surface area contributed by atoms with Gasteiger partial charge in [-0.15, -0.1) is 0 Å². The highest BCUT2D eigenvalue weighted by molar-refractivity contribution is 5.98. The van der Waals surface area contributed by atoms with Gasteiger partial charge in [0.1, 0.15) is 11.5 Å². The Bertz CT molecular complexity index is 664. The van der Waals surface area contributed by atoms with E-state index in [2.05, 4.69) is 11.9 Å². The summed E-state index contributed by atoms with van der Waals surface area (Å²) in [7, 11) is 1.88. The molecule has 112 valence electrons. The zero-order chi connectivity index (χ0) is 15.0. The first-order valence-electron chi connectivity index (χ1n) is 7.61. The van der Waals surface area contributed by atoms with Crippen LogP contribution in [0.25, 0.3) is 10.9 Å². The van der Waals surface area contributed by atoms with E-state index in [0.29, 0.717) is 17.7 Å². The molecule has 1 saturated carbocycles. The third-order valence-electron chi connectivity index (χ3n) is 4.70. The molecule has 0 spiro atoms. The van der Waals surface area contributed by atoms with E-state index in [1.807, 2.05) is 11.9 Å².